The predicted molar refractivity (Wildman–Crippen MR) is 51.3 cm³/mol. The molecule has 0 aromatic heterocycles. The van der Waals surface area contributed by atoms with Gasteiger partial charge in [-0.1, -0.05) is 0 Å². The quantitative estimate of drug-likeness (QED) is 0.623. The summed E-state index contributed by atoms with van der Waals surface area (Å²) in [5.41, 5.74) is 0. The van der Waals surface area contributed by atoms with Gasteiger partial charge in [0.1, 0.15) is 0 Å². The lowest BCUT2D eigenvalue weighted by Gasteiger charge is -2.27. The minimum atomic E-state index is 0.450. The van der Waals surface area contributed by atoms with Gasteiger partial charge in [0.2, 0.25) is 0 Å². The van der Waals surface area contributed by atoms with Gasteiger partial charge in [0.05, 0.1) is 12.7 Å². The van der Waals surface area contributed by atoms with Crippen molar-refractivity contribution in [2.75, 3.05) is 20.3 Å². The van der Waals surface area contributed by atoms with Crippen LogP contribution in [0.4, 0.5) is 0 Å². The van der Waals surface area contributed by atoms with Gasteiger partial charge in [-0.3, -0.25) is 4.90 Å². The molecule has 1 aliphatic rings. The maximum absolute atomic E-state index is 8.52. The zero-order valence-corrected chi connectivity index (χ0v) is 8.49. The normalized spacial score (nSPS) is 18.6. The van der Waals surface area contributed by atoms with Crippen molar-refractivity contribution in [2.45, 2.75) is 38.3 Å². The summed E-state index contributed by atoms with van der Waals surface area (Å²) in [6, 6.07) is 3.37. The van der Waals surface area contributed by atoms with E-state index in [4.69, 9.17) is 10.00 Å². The van der Waals surface area contributed by atoms with Crippen molar-refractivity contribution in [1.82, 2.24) is 4.90 Å². The molecule has 1 rings (SSSR count). The van der Waals surface area contributed by atoms with Crippen LogP contribution in [-0.4, -0.2) is 37.2 Å². The Morgan fingerprint density at radius 1 is 1.62 bits per heavy atom. The van der Waals surface area contributed by atoms with E-state index in [0.717, 1.165) is 19.2 Å². The zero-order valence-electron chi connectivity index (χ0n) is 8.49. The highest BCUT2D eigenvalue weighted by atomic mass is 16.5. The van der Waals surface area contributed by atoms with Crippen molar-refractivity contribution >= 4 is 0 Å². The number of methoxy groups -OCH3 is 1. The molecule has 0 amide bonds. The van der Waals surface area contributed by atoms with Gasteiger partial charge in [0.25, 0.3) is 0 Å². The van der Waals surface area contributed by atoms with Crippen LogP contribution >= 0.6 is 0 Å². The molecular formula is C10H18N2O. The molecule has 0 N–H and O–H groups in total. The third kappa shape index (κ3) is 3.33. The standard InChI is InChI=1S/C10H18N2O/c1-9(8-13-2)12(7-3-6-11)10-4-5-10/h9-10H,3-5,7-8H2,1-2H3. The lowest BCUT2D eigenvalue weighted by atomic mass is 10.2. The summed E-state index contributed by atoms with van der Waals surface area (Å²) in [6.07, 6.45) is 3.21. The van der Waals surface area contributed by atoms with Crippen molar-refractivity contribution in [2.24, 2.45) is 0 Å². The van der Waals surface area contributed by atoms with Crippen molar-refractivity contribution in [3.63, 3.8) is 0 Å². The van der Waals surface area contributed by atoms with E-state index in [2.05, 4.69) is 17.9 Å². The fourth-order valence-corrected chi connectivity index (χ4v) is 1.69. The van der Waals surface area contributed by atoms with E-state index in [9.17, 15) is 0 Å². The van der Waals surface area contributed by atoms with Crippen molar-refractivity contribution < 1.29 is 4.74 Å². The topological polar surface area (TPSA) is 36.3 Å². The number of ether oxygens (including phenoxy) is 1. The van der Waals surface area contributed by atoms with Crippen LogP contribution in [0.15, 0.2) is 0 Å². The predicted octanol–water partition coefficient (Wildman–Crippen LogP) is 1.40. The molecule has 0 spiro atoms. The first-order chi connectivity index (χ1) is 6.29. The Morgan fingerprint density at radius 3 is 2.77 bits per heavy atom. The highest BCUT2D eigenvalue weighted by Crippen LogP contribution is 2.28. The fourth-order valence-electron chi connectivity index (χ4n) is 1.69. The molecule has 1 atom stereocenters. The van der Waals surface area contributed by atoms with Crippen LogP contribution in [0.2, 0.25) is 0 Å². The van der Waals surface area contributed by atoms with Crippen LogP contribution in [-0.2, 0) is 4.74 Å². The van der Waals surface area contributed by atoms with Gasteiger partial charge in [-0.25, -0.2) is 0 Å². The molecule has 13 heavy (non-hydrogen) atoms. The summed E-state index contributed by atoms with van der Waals surface area (Å²) in [4.78, 5) is 2.40. The van der Waals surface area contributed by atoms with Crippen LogP contribution in [0.25, 0.3) is 0 Å². The van der Waals surface area contributed by atoms with Crippen LogP contribution in [0.1, 0.15) is 26.2 Å². The van der Waals surface area contributed by atoms with Gasteiger partial charge in [0, 0.05) is 32.2 Å². The minimum absolute atomic E-state index is 0.450. The van der Waals surface area contributed by atoms with Gasteiger partial charge < -0.3 is 4.74 Å². The molecule has 74 valence electrons. The Morgan fingerprint density at radius 2 is 2.31 bits per heavy atom. The Labute approximate surface area is 80.3 Å². The first kappa shape index (κ1) is 10.5. The van der Waals surface area contributed by atoms with E-state index in [1.165, 1.54) is 12.8 Å². The molecule has 1 fully saturated rings. The first-order valence-corrected chi connectivity index (χ1v) is 4.91. The zero-order chi connectivity index (χ0) is 9.68. The number of hydrogen-bond donors (Lipinski definition) is 0. The second-order valence-corrected chi connectivity index (χ2v) is 3.68. The Bertz CT molecular complexity index is 184. The Hall–Kier alpha value is -0.590. The summed E-state index contributed by atoms with van der Waals surface area (Å²) in [6.45, 7) is 3.83. The number of nitriles is 1. The van der Waals surface area contributed by atoms with Crippen LogP contribution in [0, 0.1) is 11.3 Å². The molecule has 0 aromatic rings. The largest absolute Gasteiger partial charge is 0.383 e. The number of hydrogen-bond acceptors (Lipinski definition) is 3. The van der Waals surface area contributed by atoms with E-state index < -0.39 is 0 Å². The average Bonchev–Trinajstić information content (AvgIpc) is 2.89. The SMILES string of the molecule is COCC(C)N(CCC#N)C1CC1. The first-order valence-electron chi connectivity index (χ1n) is 4.91. The van der Waals surface area contributed by atoms with Crippen molar-refractivity contribution in [3.8, 4) is 6.07 Å². The molecule has 0 radical (unpaired) electrons. The summed E-state index contributed by atoms with van der Waals surface area (Å²) in [5, 5.41) is 8.52. The lowest BCUT2D eigenvalue weighted by molar-refractivity contribution is 0.0955. The smallest absolute Gasteiger partial charge is 0.0635 e. The van der Waals surface area contributed by atoms with E-state index in [1.807, 2.05) is 0 Å². The molecule has 0 aliphatic heterocycles. The third-order valence-electron chi connectivity index (χ3n) is 2.47. The molecular weight excluding hydrogens is 164 g/mol. The molecule has 1 aliphatic carbocycles. The van der Waals surface area contributed by atoms with E-state index in [0.29, 0.717) is 12.5 Å². The van der Waals surface area contributed by atoms with E-state index in [-0.39, 0.29) is 0 Å². The van der Waals surface area contributed by atoms with Gasteiger partial charge in [0.15, 0.2) is 0 Å². The van der Waals surface area contributed by atoms with Gasteiger partial charge in [-0.2, -0.15) is 5.26 Å². The lowest BCUT2D eigenvalue weighted by Crippen LogP contribution is -2.38. The van der Waals surface area contributed by atoms with Gasteiger partial charge in [-0.15, -0.1) is 0 Å². The summed E-state index contributed by atoms with van der Waals surface area (Å²) < 4.78 is 5.12. The fraction of sp³-hybridized carbons (Fsp3) is 0.900. The second kappa shape index (κ2) is 5.21. The summed E-state index contributed by atoms with van der Waals surface area (Å²) in [5.74, 6) is 0. The summed E-state index contributed by atoms with van der Waals surface area (Å²) >= 11 is 0. The van der Waals surface area contributed by atoms with Crippen LogP contribution in [0.3, 0.4) is 0 Å². The molecule has 0 aromatic carbocycles. The highest BCUT2D eigenvalue weighted by molar-refractivity contribution is 4.89. The van der Waals surface area contributed by atoms with Crippen LogP contribution < -0.4 is 0 Å². The Balaban J connectivity index is 2.32. The maximum atomic E-state index is 8.52. The van der Waals surface area contributed by atoms with E-state index >= 15 is 0 Å². The van der Waals surface area contributed by atoms with Gasteiger partial charge in [-0.05, 0) is 19.8 Å². The molecule has 3 heteroatoms. The highest BCUT2D eigenvalue weighted by Gasteiger charge is 2.31. The van der Waals surface area contributed by atoms with E-state index in [1.54, 1.807) is 7.11 Å². The minimum Gasteiger partial charge on any atom is -0.383 e. The average molecular weight is 182 g/mol. The molecule has 0 bridgehead atoms. The summed E-state index contributed by atoms with van der Waals surface area (Å²) in [7, 11) is 1.73. The molecule has 1 saturated carbocycles. The molecule has 0 saturated heterocycles. The van der Waals surface area contributed by atoms with Crippen molar-refractivity contribution in [3.05, 3.63) is 0 Å². The maximum Gasteiger partial charge on any atom is 0.0635 e. The van der Waals surface area contributed by atoms with Crippen LogP contribution in [0.5, 0.6) is 0 Å². The molecule has 1 unspecified atom stereocenters. The number of nitrogens with zero attached hydrogens (tertiary/aromatic N) is 2. The monoisotopic (exact) mass is 182 g/mol. The second-order valence-electron chi connectivity index (χ2n) is 3.68. The van der Waals surface area contributed by atoms with Crippen molar-refractivity contribution in [1.29, 1.82) is 5.26 Å². The van der Waals surface area contributed by atoms with Gasteiger partial charge >= 0.3 is 0 Å². The Kier molecular flexibility index (Phi) is 4.20. The molecule has 0 heterocycles. The third-order valence-corrected chi connectivity index (χ3v) is 2.47. The molecule has 3 nitrogen and oxygen atoms in total. The number of rotatable bonds is 6.